The zero-order valence-electron chi connectivity index (χ0n) is 13.9. The molecule has 0 saturated carbocycles. The van der Waals surface area contributed by atoms with Gasteiger partial charge in [0.15, 0.2) is 5.82 Å². The highest BCUT2D eigenvalue weighted by molar-refractivity contribution is 5.94. The minimum absolute atomic E-state index is 0.0942. The fourth-order valence-corrected chi connectivity index (χ4v) is 2.90. The lowest BCUT2D eigenvalue weighted by molar-refractivity contribution is -0.383. The number of nitrogens with one attached hydrogen (secondary N) is 1. The first-order valence-corrected chi connectivity index (χ1v) is 8.14. The average Bonchev–Trinajstić information content (AvgIpc) is 2.63. The van der Waals surface area contributed by atoms with Crippen molar-refractivity contribution < 1.29 is 9.72 Å². The molecule has 1 aromatic carbocycles. The molecule has 2 heterocycles. The van der Waals surface area contributed by atoms with E-state index in [0.717, 1.165) is 11.5 Å². The van der Waals surface area contributed by atoms with Gasteiger partial charge in [0.05, 0.1) is 10.6 Å². The van der Waals surface area contributed by atoms with Crippen molar-refractivity contribution in [3.8, 4) is 0 Å². The monoisotopic (exact) mass is 341 g/mol. The van der Waals surface area contributed by atoms with E-state index in [4.69, 9.17) is 0 Å². The van der Waals surface area contributed by atoms with Crippen LogP contribution in [0, 0.1) is 23.0 Å². The van der Waals surface area contributed by atoms with Crippen LogP contribution in [0.3, 0.4) is 0 Å². The lowest BCUT2D eigenvalue weighted by atomic mass is 9.95. The third-order valence-electron chi connectivity index (χ3n) is 4.33. The first-order chi connectivity index (χ1) is 12.0. The van der Waals surface area contributed by atoms with Crippen LogP contribution in [0.5, 0.6) is 0 Å². The molecule has 3 rings (SSSR count). The molecule has 0 radical (unpaired) electrons. The standard InChI is InChI=1S/C17H19N5O3/c1-12-6-7-16(20-19-12)21-10-8-13(9-11-21)17(23)18-14-4-2-3-5-15(14)22(24)25/h2-7,13H,8-11H2,1H3,(H,18,23). The Morgan fingerprint density at radius 2 is 1.92 bits per heavy atom. The lowest BCUT2D eigenvalue weighted by Gasteiger charge is -2.31. The summed E-state index contributed by atoms with van der Waals surface area (Å²) in [4.78, 5) is 25.1. The van der Waals surface area contributed by atoms with Gasteiger partial charge >= 0.3 is 0 Å². The van der Waals surface area contributed by atoms with E-state index in [0.29, 0.717) is 25.9 Å². The highest BCUT2D eigenvalue weighted by atomic mass is 16.6. The first-order valence-electron chi connectivity index (χ1n) is 8.14. The quantitative estimate of drug-likeness (QED) is 0.677. The van der Waals surface area contributed by atoms with Crippen molar-refractivity contribution in [1.29, 1.82) is 0 Å². The number of amides is 1. The van der Waals surface area contributed by atoms with Gasteiger partial charge in [0.2, 0.25) is 5.91 Å². The molecular weight excluding hydrogens is 322 g/mol. The predicted molar refractivity (Wildman–Crippen MR) is 93.4 cm³/mol. The third kappa shape index (κ3) is 3.90. The topological polar surface area (TPSA) is 101 Å². The van der Waals surface area contributed by atoms with E-state index in [-0.39, 0.29) is 23.2 Å². The summed E-state index contributed by atoms with van der Waals surface area (Å²) in [7, 11) is 0. The summed E-state index contributed by atoms with van der Waals surface area (Å²) < 4.78 is 0. The number of nitro benzene ring substituents is 1. The lowest BCUT2D eigenvalue weighted by Crippen LogP contribution is -2.38. The Kier molecular flexibility index (Phi) is 4.87. The van der Waals surface area contributed by atoms with Gasteiger partial charge in [0.25, 0.3) is 5.69 Å². The summed E-state index contributed by atoms with van der Waals surface area (Å²) in [5.74, 6) is 0.460. The van der Waals surface area contributed by atoms with Gasteiger partial charge in [-0.05, 0) is 38.0 Å². The average molecular weight is 341 g/mol. The summed E-state index contributed by atoms with van der Waals surface area (Å²) in [5, 5.41) is 22.0. The van der Waals surface area contributed by atoms with Crippen LogP contribution in [-0.4, -0.2) is 34.1 Å². The molecule has 0 unspecified atom stereocenters. The Hall–Kier alpha value is -3.03. The van der Waals surface area contributed by atoms with E-state index in [1.807, 2.05) is 19.1 Å². The van der Waals surface area contributed by atoms with Gasteiger partial charge in [0, 0.05) is 25.1 Å². The molecule has 1 N–H and O–H groups in total. The van der Waals surface area contributed by atoms with Crippen molar-refractivity contribution in [2.75, 3.05) is 23.3 Å². The highest BCUT2D eigenvalue weighted by Gasteiger charge is 2.27. The molecule has 0 bridgehead atoms. The molecule has 1 saturated heterocycles. The van der Waals surface area contributed by atoms with Gasteiger partial charge in [-0.2, -0.15) is 5.10 Å². The van der Waals surface area contributed by atoms with Crippen LogP contribution in [0.25, 0.3) is 0 Å². The van der Waals surface area contributed by atoms with Crippen molar-refractivity contribution in [1.82, 2.24) is 10.2 Å². The van der Waals surface area contributed by atoms with Gasteiger partial charge in [-0.25, -0.2) is 0 Å². The summed E-state index contributed by atoms with van der Waals surface area (Å²) in [6.45, 7) is 3.29. The van der Waals surface area contributed by atoms with Crippen LogP contribution >= 0.6 is 0 Å². The number of carbonyl (C=O) groups excluding carboxylic acids is 1. The molecule has 25 heavy (non-hydrogen) atoms. The Balaban J connectivity index is 1.60. The smallest absolute Gasteiger partial charge is 0.292 e. The molecule has 1 aliphatic rings. The third-order valence-corrected chi connectivity index (χ3v) is 4.33. The van der Waals surface area contributed by atoms with E-state index >= 15 is 0 Å². The van der Waals surface area contributed by atoms with E-state index < -0.39 is 4.92 Å². The van der Waals surface area contributed by atoms with Crippen LogP contribution in [0.4, 0.5) is 17.2 Å². The van der Waals surface area contributed by atoms with Crippen LogP contribution < -0.4 is 10.2 Å². The van der Waals surface area contributed by atoms with E-state index in [2.05, 4.69) is 20.4 Å². The second-order valence-corrected chi connectivity index (χ2v) is 6.06. The molecule has 0 atom stereocenters. The molecule has 1 aromatic heterocycles. The molecule has 8 nitrogen and oxygen atoms in total. The largest absolute Gasteiger partial charge is 0.355 e. The van der Waals surface area contributed by atoms with Crippen LogP contribution in [0.15, 0.2) is 36.4 Å². The molecule has 2 aromatic rings. The number of hydrogen-bond donors (Lipinski definition) is 1. The van der Waals surface area contributed by atoms with Crippen molar-refractivity contribution >= 4 is 23.1 Å². The normalized spacial score (nSPS) is 15.0. The second-order valence-electron chi connectivity index (χ2n) is 6.06. The maximum atomic E-state index is 12.4. The first kappa shape index (κ1) is 16.8. The number of para-hydroxylation sites is 2. The summed E-state index contributed by atoms with van der Waals surface area (Å²) in [5.41, 5.74) is 1.01. The Morgan fingerprint density at radius 1 is 1.20 bits per heavy atom. The number of aromatic nitrogens is 2. The van der Waals surface area contributed by atoms with E-state index in [1.54, 1.807) is 18.2 Å². The fraction of sp³-hybridized carbons (Fsp3) is 0.353. The number of hydrogen-bond acceptors (Lipinski definition) is 6. The zero-order chi connectivity index (χ0) is 17.8. The number of rotatable bonds is 4. The molecule has 1 aliphatic heterocycles. The molecule has 0 aliphatic carbocycles. The van der Waals surface area contributed by atoms with Gasteiger partial charge < -0.3 is 10.2 Å². The molecule has 130 valence electrons. The number of piperidine rings is 1. The van der Waals surface area contributed by atoms with Gasteiger partial charge in [0.1, 0.15) is 5.69 Å². The predicted octanol–water partition coefficient (Wildman–Crippen LogP) is 2.55. The van der Waals surface area contributed by atoms with Crippen LogP contribution in [-0.2, 0) is 4.79 Å². The highest BCUT2D eigenvalue weighted by Crippen LogP contribution is 2.26. The van der Waals surface area contributed by atoms with Gasteiger partial charge in [-0.15, -0.1) is 5.10 Å². The van der Waals surface area contributed by atoms with Crippen LogP contribution in [0.2, 0.25) is 0 Å². The number of aryl methyl sites for hydroxylation is 1. The zero-order valence-corrected chi connectivity index (χ0v) is 13.9. The molecule has 8 heteroatoms. The van der Waals surface area contributed by atoms with Crippen molar-refractivity contribution in [2.45, 2.75) is 19.8 Å². The van der Waals surface area contributed by atoms with Crippen molar-refractivity contribution in [3.05, 3.63) is 52.2 Å². The van der Waals surface area contributed by atoms with Crippen LogP contribution in [0.1, 0.15) is 18.5 Å². The van der Waals surface area contributed by atoms with Gasteiger partial charge in [-0.3, -0.25) is 14.9 Å². The second kappa shape index (κ2) is 7.25. The molecule has 1 amide bonds. The van der Waals surface area contributed by atoms with E-state index in [1.165, 1.54) is 6.07 Å². The minimum Gasteiger partial charge on any atom is -0.355 e. The number of nitro groups is 1. The SMILES string of the molecule is Cc1ccc(N2CCC(C(=O)Nc3ccccc3[N+](=O)[O-])CC2)nn1. The van der Waals surface area contributed by atoms with E-state index in [9.17, 15) is 14.9 Å². The number of nitrogens with zero attached hydrogens (tertiary/aromatic N) is 4. The Morgan fingerprint density at radius 3 is 2.56 bits per heavy atom. The Bertz CT molecular complexity index is 770. The number of anilines is 2. The number of benzene rings is 1. The molecular formula is C17H19N5O3. The van der Waals surface area contributed by atoms with Gasteiger partial charge in [-0.1, -0.05) is 12.1 Å². The maximum Gasteiger partial charge on any atom is 0.292 e. The van der Waals surface area contributed by atoms with Crippen molar-refractivity contribution in [2.24, 2.45) is 5.92 Å². The number of carbonyl (C=O) groups is 1. The molecule has 0 spiro atoms. The minimum atomic E-state index is -0.492. The summed E-state index contributed by atoms with van der Waals surface area (Å²) >= 11 is 0. The summed E-state index contributed by atoms with van der Waals surface area (Å²) in [6, 6.07) is 10.0. The maximum absolute atomic E-state index is 12.4. The fourth-order valence-electron chi connectivity index (χ4n) is 2.90. The Labute approximate surface area is 145 Å². The molecule has 1 fully saturated rings. The van der Waals surface area contributed by atoms with Crippen molar-refractivity contribution in [3.63, 3.8) is 0 Å². The summed E-state index contributed by atoms with van der Waals surface area (Å²) in [6.07, 6.45) is 1.34.